The Morgan fingerprint density at radius 2 is 1.79 bits per heavy atom. The highest BCUT2D eigenvalue weighted by Gasteiger charge is 2.22. The standard InChI is InChI=1S/C21H26FN3O2S/c1-26-19-8-2-16(3-9-19)14-23-21(28)24-15-20(25-10-12-27-13-11-25)17-4-6-18(22)7-5-17/h2-9,20H,10-15H2,1H3,(H2,23,24,28)/t20-/m1/s1. The average Bonchev–Trinajstić information content (AvgIpc) is 2.75. The van der Waals surface area contributed by atoms with Gasteiger partial charge in [-0.1, -0.05) is 24.3 Å². The number of nitrogens with zero attached hydrogens (tertiary/aromatic N) is 1. The Labute approximate surface area is 170 Å². The van der Waals surface area contributed by atoms with Crippen molar-refractivity contribution in [3.8, 4) is 5.75 Å². The molecule has 0 aliphatic carbocycles. The molecule has 3 rings (SSSR count). The molecular weight excluding hydrogens is 377 g/mol. The molecular formula is C21H26FN3O2S. The number of halogens is 1. The highest BCUT2D eigenvalue weighted by atomic mass is 32.1. The van der Waals surface area contributed by atoms with E-state index in [1.165, 1.54) is 12.1 Å². The van der Waals surface area contributed by atoms with Crippen molar-refractivity contribution in [1.82, 2.24) is 15.5 Å². The van der Waals surface area contributed by atoms with Crippen LogP contribution in [-0.2, 0) is 11.3 Å². The molecule has 150 valence electrons. The highest BCUT2D eigenvalue weighted by molar-refractivity contribution is 7.80. The minimum Gasteiger partial charge on any atom is -0.497 e. The molecule has 7 heteroatoms. The third-order valence-corrected chi connectivity index (χ3v) is 5.10. The normalized spacial score (nSPS) is 15.6. The number of hydrogen-bond donors (Lipinski definition) is 2. The summed E-state index contributed by atoms with van der Waals surface area (Å²) in [5.74, 6) is 0.603. The number of thiocarbonyl (C=S) groups is 1. The zero-order chi connectivity index (χ0) is 19.8. The van der Waals surface area contributed by atoms with Crippen molar-refractivity contribution in [2.24, 2.45) is 0 Å². The molecule has 0 unspecified atom stereocenters. The second kappa shape index (κ2) is 10.4. The second-order valence-corrected chi connectivity index (χ2v) is 7.04. The molecule has 1 atom stereocenters. The average molecular weight is 404 g/mol. The topological polar surface area (TPSA) is 45.8 Å². The number of rotatable bonds is 7. The summed E-state index contributed by atoms with van der Waals surface area (Å²) in [6.45, 7) is 4.37. The van der Waals surface area contributed by atoms with E-state index in [-0.39, 0.29) is 11.9 Å². The van der Waals surface area contributed by atoms with Crippen LogP contribution in [0.1, 0.15) is 17.2 Å². The summed E-state index contributed by atoms with van der Waals surface area (Å²) in [6.07, 6.45) is 0. The van der Waals surface area contributed by atoms with Gasteiger partial charge in [-0.15, -0.1) is 0 Å². The van der Waals surface area contributed by atoms with Crippen molar-refractivity contribution in [3.63, 3.8) is 0 Å². The van der Waals surface area contributed by atoms with Gasteiger partial charge in [-0.2, -0.15) is 0 Å². The van der Waals surface area contributed by atoms with Crippen molar-refractivity contribution < 1.29 is 13.9 Å². The number of methoxy groups -OCH3 is 1. The van der Waals surface area contributed by atoms with Crippen LogP contribution in [0.25, 0.3) is 0 Å². The van der Waals surface area contributed by atoms with Gasteiger partial charge in [-0.3, -0.25) is 4.90 Å². The minimum absolute atomic E-state index is 0.102. The molecule has 2 N–H and O–H groups in total. The maximum absolute atomic E-state index is 13.3. The Morgan fingerprint density at radius 1 is 1.11 bits per heavy atom. The lowest BCUT2D eigenvalue weighted by Crippen LogP contribution is -2.45. The van der Waals surface area contributed by atoms with E-state index in [0.29, 0.717) is 31.4 Å². The van der Waals surface area contributed by atoms with Crippen molar-refractivity contribution in [2.45, 2.75) is 12.6 Å². The molecule has 0 spiro atoms. The molecule has 2 aromatic carbocycles. The molecule has 28 heavy (non-hydrogen) atoms. The van der Waals surface area contributed by atoms with Gasteiger partial charge in [0.05, 0.1) is 26.4 Å². The van der Waals surface area contributed by atoms with E-state index in [9.17, 15) is 4.39 Å². The first kappa shape index (κ1) is 20.5. The molecule has 0 aromatic heterocycles. The Hall–Kier alpha value is -2.22. The fourth-order valence-corrected chi connectivity index (χ4v) is 3.36. The molecule has 5 nitrogen and oxygen atoms in total. The van der Waals surface area contributed by atoms with Crippen LogP contribution in [0.4, 0.5) is 4.39 Å². The van der Waals surface area contributed by atoms with Gasteiger partial charge in [0, 0.05) is 26.2 Å². The summed E-state index contributed by atoms with van der Waals surface area (Å²) in [7, 11) is 1.65. The number of nitrogens with one attached hydrogen (secondary N) is 2. The quantitative estimate of drug-likeness (QED) is 0.694. The second-order valence-electron chi connectivity index (χ2n) is 6.63. The number of morpholine rings is 1. The molecule has 1 aliphatic rings. The van der Waals surface area contributed by atoms with E-state index in [1.807, 2.05) is 36.4 Å². The summed E-state index contributed by atoms with van der Waals surface area (Å²) >= 11 is 5.44. The van der Waals surface area contributed by atoms with E-state index < -0.39 is 0 Å². The third-order valence-electron chi connectivity index (χ3n) is 4.81. The van der Waals surface area contributed by atoms with Gasteiger partial charge in [0.15, 0.2) is 5.11 Å². The predicted octanol–water partition coefficient (Wildman–Crippen LogP) is 2.87. The lowest BCUT2D eigenvalue weighted by atomic mass is 10.0. The molecule has 0 radical (unpaired) electrons. The van der Waals surface area contributed by atoms with Gasteiger partial charge in [-0.25, -0.2) is 4.39 Å². The van der Waals surface area contributed by atoms with Crippen molar-refractivity contribution in [2.75, 3.05) is 40.0 Å². The molecule has 1 heterocycles. The number of benzene rings is 2. The Kier molecular flexibility index (Phi) is 7.59. The van der Waals surface area contributed by atoms with E-state index in [2.05, 4.69) is 15.5 Å². The van der Waals surface area contributed by atoms with Crippen molar-refractivity contribution in [1.29, 1.82) is 0 Å². The van der Waals surface area contributed by atoms with Crippen molar-refractivity contribution in [3.05, 3.63) is 65.5 Å². The lowest BCUT2D eigenvalue weighted by molar-refractivity contribution is 0.0170. The van der Waals surface area contributed by atoms with E-state index in [0.717, 1.165) is 30.0 Å². The van der Waals surface area contributed by atoms with Crippen LogP contribution in [0.5, 0.6) is 5.75 Å². The van der Waals surface area contributed by atoms with Gasteiger partial charge < -0.3 is 20.1 Å². The Morgan fingerprint density at radius 3 is 2.43 bits per heavy atom. The largest absolute Gasteiger partial charge is 0.497 e. The number of ether oxygens (including phenoxy) is 2. The van der Waals surface area contributed by atoms with Crippen LogP contribution in [0, 0.1) is 5.82 Å². The Balaban J connectivity index is 1.55. The van der Waals surface area contributed by atoms with Gasteiger partial charge >= 0.3 is 0 Å². The number of hydrogen-bond acceptors (Lipinski definition) is 4. The summed E-state index contributed by atoms with van der Waals surface area (Å²) < 4.78 is 24.0. The summed E-state index contributed by atoms with van der Waals surface area (Å²) in [5, 5.41) is 7.13. The van der Waals surface area contributed by atoms with Gasteiger partial charge in [0.2, 0.25) is 0 Å². The fraction of sp³-hybridized carbons (Fsp3) is 0.381. The van der Waals surface area contributed by atoms with E-state index in [1.54, 1.807) is 7.11 Å². The van der Waals surface area contributed by atoms with E-state index >= 15 is 0 Å². The monoisotopic (exact) mass is 403 g/mol. The molecule has 2 aromatic rings. The van der Waals surface area contributed by atoms with Crippen LogP contribution in [0.2, 0.25) is 0 Å². The maximum Gasteiger partial charge on any atom is 0.166 e. The van der Waals surface area contributed by atoms with E-state index in [4.69, 9.17) is 21.7 Å². The first-order valence-corrected chi connectivity index (χ1v) is 9.78. The SMILES string of the molecule is COc1ccc(CNC(=S)NC[C@H](c2ccc(F)cc2)N2CCOCC2)cc1. The lowest BCUT2D eigenvalue weighted by Gasteiger charge is -2.35. The fourth-order valence-electron chi connectivity index (χ4n) is 3.21. The van der Waals surface area contributed by atoms with Crippen LogP contribution < -0.4 is 15.4 Å². The van der Waals surface area contributed by atoms with Crippen molar-refractivity contribution >= 4 is 17.3 Å². The molecule has 1 saturated heterocycles. The highest BCUT2D eigenvalue weighted by Crippen LogP contribution is 2.21. The molecule has 0 saturated carbocycles. The predicted molar refractivity (Wildman–Crippen MR) is 112 cm³/mol. The smallest absolute Gasteiger partial charge is 0.166 e. The minimum atomic E-state index is -0.228. The van der Waals surface area contributed by atoms with Crippen LogP contribution in [0.3, 0.4) is 0 Å². The van der Waals surface area contributed by atoms with Gasteiger partial charge in [0.25, 0.3) is 0 Å². The first-order chi connectivity index (χ1) is 13.7. The Bertz CT molecular complexity index is 749. The molecule has 0 amide bonds. The summed E-state index contributed by atoms with van der Waals surface area (Å²) in [4.78, 5) is 2.34. The third kappa shape index (κ3) is 5.89. The summed E-state index contributed by atoms with van der Waals surface area (Å²) in [5.41, 5.74) is 2.18. The first-order valence-electron chi connectivity index (χ1n) is 9.37. The van der Waals surface area contributed by atoms with Gasteiger partial charge in [-0.05, 0) is 47.6 Å². The molecule has 1 aliphatic heterocycles. The summed E-state index contributed by atoms with van der Waals surface area (Å²) in [6, 6.07) is 14.6. The molecule has 1 fully saturated rings. The zero-order valence-electron chi connectivity index (χ0n) is 16.0. The van der Waals surface area contributed by atoms with Crippen LogP contribution in [-0.4, -0.2) is 50.0 Å². The van der Waals surface area contributed by atoms with Crippen LogP contribution in [0.15, 0.2) is 48.5 Å². The maximum atomic E-state index is 13.3. The van der Waals surface area contributed by atoms with Gasteiger partial charge in [0.1, 0.15) is 11.6 Å². The zero-order valence-corrected chi connectivity index (χ0v) is 16.8. The van der Waals surface area contributed by atoms with Crippen LogP contribution >= 0.6 is 12.2 Å². The molecule has 0 bridgehead atoms.